The van der Waals surface area contributed by atoms with Crippen LogP contribution in [0.2, 0.25) is 0 Å². The Balaban J connectivity index is 1.78. The van der Waals surface area contributed by atoms with E-state index in [1.165, 1.54) is 0 Å². The smallest absolute Gasteiger partial charge is 0.131 e. The van der Waals surface area contributed by atoms with E-state index in [1.54, 1.807) is 0 Å². The molecule has 0 saturated carbocycles. The van der Waals surface area contributed by atoms with Gasteiger partial charge in [-0.05, 0) is 75.2 Å². The highest BCUT2D eigenvalue weighted by Gasteiger charge is 2.06. The number of rotatable bonds is 8. The molecule has 0 fully saturated rings. The van der Waals surface area contributed by atoms with Gasteiger partial charge in [-0.2, -0.15) is 0 Å². The fourth-order valence-electron chi connectivity index (χ4n) is 2.92. The highest BCUT2D eigenvalue weighted by Crippen LogP contribution is 2.32. The number of hydrogen-bond acceptors (Lipinski definition) is 4. The highest BCUT2D eigenvalue weighted by atomic mass is 16.5. The van der Waals surface area contributed by atoms with Gasteiger partial charge < -0.3 is 18.9 Å². The first kappa shape index (κ1) is 19.6. The van der Waals surface area contributed by atoms with Crippen LogP contribution in [-0.4, -0.2) is 13.2 Å². The van der Waals surface area contributed by atoms with E-state index in [-0.39, 0.29) is 0 Å². The molecule has 0 aromatic heterocycles. The van der Waals surface area contributed by atoms with Gasteiger partial charge in [-0.25, -0.2) is 0 Å². The van der Waals surface area contributed by atoms with Gasteiger partial charge in [0.2, 0.25) is 0 Å². The average Bonchev–Trinajstić information content (AvgIpc) is 2.61. The summed E-state index contributed by atoms with van der Waals surface area (Å²) in [6.07, 6.45) is 0. The molecular weight excluding hydrogens is 352 g/mol. The molecule has 0 spiro atoms. The van der Waals surface area contributed by atoms with Crippen molar-refractivity contribution in [3.05, 3.63) is 71.8 Å². The summed E-state index contributed by atoms with van der Waals surface area (Å²) in [5, 5.41) is 0. The van der Waals surface area contributed by atoms with E-state index in [1.807, 2.05) is 88.4 Å². The Kier molecular flexibility index (Phi) is 6.43. The molecule has 3 rings (SSSR count). The van der Waals surface area contributed by atoms with Crippen LogP contribution in [0.3, 0.4) is 0 Å². The number of ether oxygens (including phenoxy) is 4. The van der Waals surface area contributed by atoms with Crippen LogP contribution in [0.1, 0.15) is 25.0 Å². The van der Waals surface area contributed by atoms with Crippen LogP contribution in [0.4, 0.5) is 0 Å². The first-order valence-electron chi connectivity index (χ1n) is 9.50. The third kappa shape index (κ3) is 5.43. The van der Waals surface area contributed by atoms with Crippen molar-refractivity contribution in [2.75, 3.05) is 13.2 Å². The van der Waals surface area contributed by atoms with E-state index in [4.69, 9.17) is 18.9 Å². The monoisotopic (exact) mass is 378 g/mol. The molecule has 3 aromatic carbocycles. The Hall–Kier alpha value is -3.14. The molecule has 0 aliphatic carbocycles. The molecular formula is C24H26O4. The number of benzene rings is 3. The number of aryl methyl sites for hydroxylation is 2. The van der Waals surface area contributed by atoms with E-state index in [0.717, 1.165) is 34.1 Å². The Morgan fingerprint density at radius 1 is 0.536 bits per heavy atom. The minimum absolute atomic E-state index is 0.618. The SMILES string of the molecule is CCOc1cc(C)cc(Oc2cccc(Oc3cc(C)cc(OCC)c3)c2)c1. The summed E-state index contributed by atoms with van der Waals surface area (Å²) in [5.74, 6) is 4.46. The van der Waals surface area contributed by atoms with Crippen molar-refractivity contribution in [1.29, 1.82) is 0 Å². The molecule has 0 atom stereocenters. The van der Waals surface area contributed by atoms with E-state index in [2.05, 4.69) is 0 Å². The first-order valence-corrected chi connectivity index (χ1v) is 9.50. The maximum atomic E-state index is 6.03. The Labute approximate surface area is 166 Å². The summed E-state index contributed by atoms with van der Waals surface area (Å²) in [7, 11) is 0. The minimum Gasteiger partial charge on any atom is -0.494 e. The lowest BCUT2D eigenvalue weighted by Gasteiger charge is -2.12. The molecule has 3 aromatic rings. The molecule has 0 heterocycles. The molecule has 28 heavy (non-hydrogen) atoms. The van der Waals surface area contributed by atoms with Crippen LogP contribution in [-0.2, 0) is 0 Å². The predicted molar refractivity (Wildman–Crippen MR) is 111 cm³/mol. The Bertz CT molecular complexity index is 861. The van der Waals surface area contributed by atoms with Crippen molar-refractivity contribution in [2.24, 2.45) is 0 Å². The summed E-state index contributed by atoms with van der Waals surface area (Å²) >= 11 is 0. The van der Waals surface area contributed by atoms with Gasteiger partial charge in [0, 0.05) is 18.2 Å². The standard InChI is InChI=1S/C24H26O4/c1-5-25-21-10-17(3)12-23(15-21)27-19-8-7-9-20(14-19)28-24-13-18(4)11-22(16-24)26-6-2/h7-16H,5-6H2,1-4H3. The van der Waals surface area contributed by atoms with Crippen LogP contribution < -0.4 is 18.9 Å². The van der Waals surface area contributed by atoms with Crippen LogP contribution in [0, 0.1) is 13.8 Å². The molecule has 0 amide bonds. The lowest BCUT2D eigenvalue weighted by atomic mass is 10.2. The lowest BCUT2D eigenvalue weighted by molar-refractivity contribution is 0.338. The maximum absolute atomic E-state index is 6.03. The van der Waals surface area contributed by atoms with E-state index >= 15 is 0 Å². The molecule has 0 unspecified atom stereocenters. The second-order valence-electron chi connectivity index (χ2n) is 6.51. The van der Waals surface area contributed by atoms with Gasteiger partial charge in [0.05, 0.1) is 13.2 Å². The van der Waals surface area contributed by atoms with Crippen molar-refractivity contribution in [1.82, 2.24) is 0 Å². The largest absolute Gasteiger partial charge is 0.494 e. The summed E-state index contributed by atoms with van der Waals surface area (Å²) in [5.41, 5.74) is 2.16. The van der Waals surface area contributed by atoms with E-state index in [0.29, 0.717) is 24.7 Å². The van der Waals surface area contributed by atoms with Crippen LogP contribution in [0.25, 0.3) is 0 Å². The molecule has 0 aliphatic rings. The van der Waals surface area contributed by atoms with Gasteiger partial charge in [0.25, 0.3) is 0 Å². The molecule has 4 heteroatoms. The molecule has 0 N–H and O–H groups in total. The molecule has 0 radical (unpaired) electrons. The van der Waals surface area contributed by atoms with E-state index in [9.17, 15) is 0 Å². The van der Waals surface area contributed by atoms with Crippen molar-refractivity contribution < 1.29 is 18.9 Å². The van der Waals surface area contributed by atoms with Crippen molar-refractivity contribution in [3.8, 4) is 34.5 Å². The van der Waals surface area contributed by atoms with Gasteiger partial charge in [-0.1, -0.05) is 6.07 Å². The second kappa shape index (κ2) is 9.18. The Morgan fingerprint density at radius 2 is 0.929 bits per heavy atom. The fraction of sp³-hybridized carbons (Fsp3) is 0.250. The quantitative estimate of drug-likeness (QED) is 0.438. The zero-order valence-electron chi connectivity index (χ0n) is 16.8. The lowest BCUT2D eigenvalue weighted by Crippen LogP contribution is -1.94. The number of hydrogen-bond donors (Lipinski definition) is 0. The van der Waals surface area contributed by atoms with Crippen LogP contribution >= 0.6 is 0 Å². The Morgan fingerprint density at radius 3 is 1.36 bits per heavy atom. The zero-order valence-corrected chi connectivity index (χ0v) is 16.8. The van der Waals surface area contributed by atoms with Crippen LogP contribution in [0.15, 0.2) is 60.7 Å². The molecule has 4 nitrogen and oxygen atoms in total. The van der Waals surface area contributed by atoms with Gasteiger partial charge in [-0.3, -0.25) is 0 Å². The predicted octanol–water partition coefficient (Wildman–Crippen LogP) is 6.69. The highest BCUT2D eigenvalue weighted by molar-refractivity contribution is 5.44. The third-order valence-corrected chi connectivity index (χ3v) is 3.95. The van der Waals surface area contributed by atoms with Crippen molar-refractivity contribution >= 4 is 0 Å². The fourth-order valence-corrected chi connectivity index (χ4v) is 2.92. The average molecular weight is 378 g/mol. The summed E-state index contributed by atoms with van der Waals surface area (Å²) in [6.45, 7) is 9.20. The van der Waals surface area contributed by atoms with Gasteiger partial charge in [0.15, 0.2) is 0 Å². The van der Waals surface area contributed by atoms with Crippen molar-refractivity contribution in [2.45, 2.75) is 27.7 Å². The minimum atomic E-state index is 0.618. The molecule has 0 bridgehead atoms. The zero-order chi connectivity index (χ0) is 19.9. The topological polar surface area (TPSA) is 36.9 Å². The van der Waals surface area contributed by atoms with Gasteiger partial charge in [0.1, 0.15) is 34.5 Å². The first-order chi connectivity index (χ1) is 13.6. The van der Waals surface area contributed by atoms with Crippen molar-refractivity contribution in [3.63, 3.8) is 0 Å². The summed E-state index contributed by atoms with van der Waals surface area (Å²) in [6, 6.07) is 19.3. The summed E-state index contributed by atoms with van der Waals surface area (Å²) in [4.78, 5) is 0. The summed E-state index contributed by atoms with van der Waals surface area (Å²) < 4.78 is 23.2. The molecule has 0 saturated heterocycles. The second-order valence-corrected chi connectivity index (χ2v) is 6.51. The third-order valence-electron chi connectivity index (χ3n) is 3.95. The van der Waals surface area contributed by atoms with Gasteiger partial charge >= 0.3 is 0 Å². The molecule has 146 valence electrons. The molecule has 0 aliphatic heterocycles. The maximum Gasteiger partial charge on any atom is 0.131 e. The van der Waals surface area contributed by atoms with Crippen LogP contribution in [0.5, 0.6) is 34.5 Å². The van der Waals surface area contributed by atoms with E-state index < -0.39 is 0 Å². The normalized spacial score (nSPS) is 10.4. The van der Waals surface area contributed by atoms with Gasteiger partial charge in [-0.15, -0.1) is 0 Å².